The average Bonchev–Trinajstić information content (AvgIpc) is 2.86. The Labute approximate surface area is 139 Å². The van der Waals surface area contributed by atoms with Crippen molar-refractivity contribution in [3.8, 4) is 0 Å². The van der Waals surface area contributed by atoms with E-state index in [2.05, 4.69) is 13.8 Å². The predicted molar refractivity (Wildman–Crippen MR) is 90.8 cm³/mol. The fraction of sp³-hybridized carbons (Fsp3) is 0.632. The standard InChI is InChI=1S/C19H26O3S/c1-14(13-23(21,22)15-7-4-3-5-8-15)16-10-11-17-18(20)9-6-12-19(16,17)2/h3-5,7-8,14,16-17H,6,9-13H2,1-2H3/t14-,16-,17+,19-/m1/s1. The number of hydrogen-bond donors (Lipinski definition) is 0. The molecule has 2 aliphatic carbocycles. The Balaban J connectivity index is 1.79. The summed E-state index contributed by atoms with van der Waals surface area (Å²) in [5.41, 5.74) is 0.000950. The summed E-state index contributed by atoms with van der Waals surface area (Å²) in [6.45, 7) is 4.27. The number of hydrogen-bond acceptors (Lipinski definition) is 3. The molecular weight excluding hydrogens is 308 g/mol. The number of rotatable bonds is 4. The molecule has 0 spiro atoms. The molecule has 4 heteroatoms. The summed E-state index contributed by atoms with van der Waals surface area (Å²) in [7, 11) is -3.26. The number of benzene rings is 1. The Bertz CT molecular complexity index is 680. The van der Waals surface area contributed by atoms with E-state index in [1.165, 1.54) is 0 Å². The third-order valence-corrected chi connectivity index (χ3v) is 8.16. The van der Waals surface area contributed by atoms with Gasteiger partial charge in [-0.2, -0.15) is 0 Å². The van der Waals surface area contributed by atoms with Crippen LogP contribution in [0.25, 0.3) is 0 Å². The Morgan fingerprint density at radius 3 is 2.61 bits per heavy atom. The van der Waals surface area contributed by atoms with Gasteiger partial charge in [0, 0.05) is 12.3 Å². The topological polar surface area (TPSA) is 51.2 Å². The number of fused-ring (bicyclic) bond motifs is 1. The molecule has 0 heterocycles. The van der Waals surface area contributed by atoms with Crippen LogP contribution in [0.15, 0.2) is 35.2 Å². The molecule has 1 aromatic rings. The second kappa shape index (κ2) is 6.04. The Kier molecular flexibility index (Phi) is 4.39. The summed E-state index contributed by atoms with van der Waals surface area (Å²) in [5.74, 6) is 1.15. The van der Waals surface area contributed by atoms with Gasteiger partial charge in [0.2, 0.25) is 0 Å². The maximum absolute atomic E-state index is 12.7. The van der Waals surface area contributed by atoms with Gasteiger partial charge >= 0.3 is 0 Å². The van der Waals surface area contributed by atoms with Crippen molar-refractivity contribution >= 4 is 15.6 Å². The monoisotopic (exact) mass is 334 g/mol. The molecule has 0 bridgehead atoms. The molecule has 0 amide bonds. The molecule has 0 saturated heterocycles. The van der Waals surface area contributed by atoms with Crippen molar-refractivity contribution in [3.63, 3.8) is 0 Å². The quantitative estimate of drug-likeness (QED) is 0.839. The van der Waals surface area contributed by atoms with Gasteiger partial charge in [0.15, 0.2) is 9.84 Å². The fourth-order valence-corrected chi connectivity index (χ4v) is 6.78. The van der Waals surface area contributed by atoms with Crippen molar-refractivity contribution in [1.82, 2.24) is 0 Å². The van der Waals surface area contributed by atoms with Crippen LogP contribution in [0.1, 0.15) is 46.0 Å². The molecule has 4 atom stereocenters. The number of carbonyl (C=O) groups is 1. The average molecular weight is 334 g/mol. The molecule has 0 aromatic heterocycles. The van der Waals surface area contributed by atoms with E-state index in [9.17, 15) is 13.2 Å². The van der Waals surface area contributed by atoms with Crippen LogP contribution >= 0.6 is 0 Å². The van der Waals surface area contributed by atoms with Crippen molar-refractivity contribution in [2.45, 2.75) is 50.8 Å². The van der Waals surface area contributed by atoms with Gasteiger partial charge in [0.1, 0.15) is 5.78 Å². The molecule has 2 fully saturated rings. The molecule has 23 heavy (non-hydrogen) atoms. The minimum absolute atomic E-state index is 0.000950. The van der Waals surface area contributed by atoms with Crippen molar-refractivity contribution in [3.05, 3.63) is 30.3 Å². The summed E-state index contributed by atoms with van der Waals surface area (Å²) in [6, 6.07) is 8.71. The minimum atomic E-state index is -3.26. The van der Waals surface area contributed by atoms with Crippen molar-refractivity contribution < 1.29 is 13.2 Å². The van der Waals surface area contributed by atoms with E-state index in [0.717, 1.165) is 25.7 Å². The summed E-state index contributed by atoms with van der Waals surface area (Å²) in [6.07, 6.45) is 4.65. The lowest BCUT2D eigenvalue weighted by Crippen LogP contribution is -2.40. The van der Waals surface area contributed by atoms with E-state index in [4.69, 9.17) is 0 Å². The fourth-order valence-electron chi connectivity index (χ4n) is 5.09. The first-order valence-corrected chi connectivity index (χ1v) is 10.3. The zero-order chi connectivity index (χ0) is 16.7. The zero-order valence-corrected chi connectivity index (χ0v) is 14.8. The molecule has 2 aliphatic rings. The van der Waals surface area contributed by atoms with Gasteiger partial charge in [0.05, 0.1) is 10.6 Å². The van der Waals surface area contributed by atoms with Gasteiger partial charge in [-0.3, -0.25) is 4.79 Å². The smallest absolute Gasteiger partial charge is 0.178 e. The SMILES string of the molecule is C[C@H](CS(=O)(=O)c1ccccc1)[C@H]1CC[C@H]2C(=O)CCC[C@]12C. The molecule has 1 aromatic carbocycles. The normalized spacial score (nSPS) is 32.5. The lowest BCUT2D eigenvalue weighted by molar-refractivity contribution is -0.129. The Morgan fingerprint density at radius 2 is 1.91 bits per heavy atom. The molecule has 126 valence electrons. The Morgan fingerprint density at radius 1 is 1.22 bits per heavy atom. The van der Waals surface area contributed by atoms with Crippen LogP contribution in [0.3, 0.4) is 0 Å². The summed E-state index contributed by atoms with van der Waals surface area (Å²) < 4.78 is 25.3. The minimum Gasteiger partial charge on any atom is -0.299 e. The van der Waals surface area contributed by atoms with Crippen molar-refractivity contribution in [2.24, 2.45) is 23.2 Å². The summed E-state index contributed by atoms with van der Waals surface area (Å²) >= 11 is 0. The van der Waals surface area contributed by atoms with Gasteiger partial charge in [-0.1, -0.05) is 32.0 Å². The van der Waals surface area contributed by atoms with Crippen LogP contribution in [-0.2, 0) is 14.6 Å². The molecule has 0 unspecified atom stereocenters. The lowest BCUT2D eigenvalue weighted by atomic mass is 9.62. The third-order valence-electron chi connectivity index (χ3n) is 6.21. The van der Waals surface area contributed by atoms with Crippen LogP contribution in [0.4, 0.5) is 0 Å². The maximum Gasteiger partial charge on any atom is 0.178 e. The first-order valence-electron chi connectivity index (χ1n) is 8.65. The molecule has 0 aliphatic heterocycles. The van der Waals surface area contributed by atoms with Crippen LogP contribution < -0.4 is 0 Å². The van der Waals surface area contributed by atoms with E-state index in [0.29, 0.717) is 23.0 Å². The number of Topliss-reactive ketones (excluding diaryl/α,β-unsaturated/α-hetero) is 1. The van der Waals surface area contributed by atoms with E-state index < -0.39 is 9.84 Å². The van der Waals surface area contributed by atoms with E-state index >= 15 is 0 Å². The molecule has 3 rings (SSSR count). The van der Waals surface area contributed by atoms with Crippen LogP contribution in [0, 0.1) is 23.2 Å². The highest BCUT2D eigenvalue weighted by molar-refractivity contribution is 7.91. The Hall–Kier alpha value is -1.16. The summed E-state index contributed by atoms with van der Waals surface area (Å²) in [4.78, 5) is 12.6. The maximum atomic E-state index is 12.7. The summed E-state index contributed by atoms with van der Waals surface area (Å²) in [5, 5.41) is 0. The van der Waals surface area contributed by atoms with Crippen molar-refractivity contribution in [2.75, 3.05) is 5.75 Å². The lowest BCUT2D eigenvalue weighted by Gasteiger charge is -2.42. The molecule has 0 radical (unpaired) electrons. The number of ketones is 1. The highest BCUT2D eigenvalue weighted by Crippen LogP contribution is 2.56. The largest absolute Gasteiger partial charge is 0.299 e. The third kappa shape index (κ3) is 2.98. The van der Waals surface area contributed by atoms with Crippen LogP contribution in [0.5, 0.6) is 0 Å². The van der Waals surface area contributed by atoms with Gasteiger partial charge in [0.25, 0.3) is 0 Å². The molecule has 2 saturated carbocycles. The van der Waals surface area contributed by atoms with Gasteiger partial charge in [-0.15, -0.1) is 0 Å². The van der Waals surface area contributed by atoms with Gasteiger partial charge in [-0.25, -0.2) is 8.42 Å². The van der Waals surface area contributed by atoms with Crippen LogP contribution in [-0.4, -0.2) is 20.0 Å². The predicted octanol–water partition coefficient (Wildman–Crippen LogP) is 3.88. The molecular formula is C19H26O3S. The van der Waals surface area contributed by atoms with Gasteiger partial charge in [-0.05, 0) is 55.1 Å². The van der Waals surface area contributed by atoms with E-state index in [1.807, 2.05) is 6.07 Å². The van der Waals surface area contributed by atoms with Gasteiger partial charge < -0.3 is 0 Å². The second-order valence-electron chi connectivity index (χ2n) is 7.63. The second-order valence-corrected chi connectivity index (χ2v) is 9.67. The molecule has 3 nitrogen and oxygen atoms in total. The van der Waals surface area contributed by atoms with E-state index in [1.54, 1.807) is 24.3 Å². The molecule has 0 N–H and O–H groups in total. The highest BCUT2D eigenvalue weighted by atomic mass is 32.2. The highest BCUT2D eigenvalue weighted by Gasteiger charge is 2.52. The number of carbonyl (C=O) groups excluding carboxylic acids is 1. The van der Waals surface area contributed by atoms with Crippen molar-refractivity contribution in [1.29, 1.82) is 0 Å². The van der Waals surface area contributed by atoms with Crippen LogP contribution in [0.2, 0.25) is 0 Å². The first-order chi connectivity index (χ1) is 10.8. The number of sulfone groups is 1. The zero-order valence-electron chi connectivity index (χ0n) is 14.0. The first kappa shape index (κ1) is 16.7. The van der Waals surface area contributed by atoms with E-state index in [-0.39, 0.29) is 23.0 Å².